The summed E-state index contributed by atoms with van der Waals surface area (Å²) in [7, 11) is 1.77. The van der Waals surface area contributed by atoms with Crippen LogP contribution in [0.15, 0.2) is 0 Å². The van der Waals surface area contributed by atoms with Crippen molar-refractivity contribution in [2.75, 3.05) is 59.6 Å². The summed E-state index contributed by atoms with van der Waals surface area (Å²) in [5.41, 5.74) is 0. The molecule has 1 aliphatic heterocycles. The Labute approximate surface area is 112 Å². The van der Waals surface area contributed by atoms with E-state index in [0.717, 1.165) is 26.1 Å². The molecule has 0 aromatic rings. The zero-order valence-electron chi connectivity index (χ0n) is 12.4. The molecule has 1 heterocycles. The average molecular weight is 258 g/mol. The molecule has 1 rings (SSSR count). The Kier molecular flexibility index (Phi) is 8.59. The van der Waals surface area contributed by atoms with Crippen LogP contribution >= 0.6 is 0 Å². The Bertz CT molecular complexity index is 192. The van der Waals surface area contributed by atoms with Gasteiger partial charge in [-0.1, -0.05) is 0 Å². The van der Waals surface area contributed by atoms with Gasteiger partial charge in [0, 0.05) is 59.6 Å². The summed E-state index contributed by atoms with van der Waals surface area (Å²) in [6.45, 7) is 13.1. The van der Waals surface area contributed by atoms with Crippen LogP contribution in [-0.4, -0.2) is 75.5 Å². The van der Waals surface area contributed by atoms with Gasteiger partial charge in [-0.2, -0.15) is 0 Å². The molecular formula is C14H30N2O2. The second kappa shape index (κ2) is 9.73. The molecule has 108 valence electrons. The molecule has 0 unspecified atom stereocenters. The van der Waals surface area contributed by atoms with E-state index in [4.69, 9.17) is 9.47 Å². The summed E-state index contributed by atoms with van der Waals surface area (Å²) >= 11 is 0. The van der Waals surface area contributed by atoms with Gasteiger partial charge in [-0.3, -0.25) is 0 Å². The Hall–Kier alpha value is -0.160. The standard InChI is InChI=1S/C14H30N2O2/c1-14(2)18-13-5-7-16-10-8-15(9-11-16)6-4-12-17-3/h14H,4-13H2,1-3H3. The van der Waals surface area contributed by atoms with Crippen LogP contribution in [-0.2, 0) is 9.47 Å². The van der Waals surface area contributed by atoms with Gasteiger partial charge < -0.3 is 19.3 Å². The van der Waals surface area contributed by atoms with E-state index < -0.39 is 0 Å². The average Bonchev–Trinajstić information content (AvgIpc) is 2.36. The van der Waals surface area contributed by atoms with E-state index in [9.17, 15) is 0 Å². The van der Waals surface area contributed by atoms with Gasteiger partial charge in [-0.25, -0.2) is 0 Å². The van der Waals surface area contributed by atoms with Gasteiger partial charge in [0.25, 0.3) is 0 Å². The maximum absolute atomic E-state index is 5.57. The first kappa shape index (κ1) is 15.9. The number of methoxy groups -OCH3 is 1. The lowest BCUT2D eigenvalue weighted by molar-refractivity contribution is 0.0628. The van der Waals surface area contributed by atoms with Crippen LogP contribution in [0, 0.1) is 0 Å². The number of nitrogens with zero attached hydrogens (tertiary/aromatic N) is 2. The monoisotopic (exact) mass is 258 g/mol. The molecule has 0 spiro atoms. The maximum Gasteiger partial charge on any atom is 0.0518 e. The normalized spacial score (nSPS) is 18.7. The summed E-state index contributed by atoms with van der Waals surface area (Å²) in [4.78, 5) is 5.09. The Morgan fingerprint density at radius 1 is 0.889 bits per heavy atom. The number of hydrogen-bond acceptors (Lipinski definition) is 4. The minimum absolute atomic E-state index is 0.364. The van der Waals surface area contributed by atoms with Crippen LogP contribution in [0.4, 0.5) is 0 Å². The van der Waals surface area contributed by atoms with E-state index in [1.165, 1.54) is 39.3 Å². The molecule has 4 nitrogen and oxygen atoms in total. The van der Waals surface area contributed by atoms with Crippen molar-refractivity contribution in [1.82, 2.24) is 9.80 Å². The lowest BCUT2D eigenvalue weighted by atomic mass is 10.2. The highest BCUT2D eigenvalue weighted by Gasteiger charge is 2.15. The van der Waals surface area contributed by atoms with Crippen molar-refractivity contribution in [3.8, 4) is 0 Å². The lowest BCUT2D eigenvalue weighted by Gasteiger charge is -2.34. The van der Waals surface area contributed by atoms with Gasteiger partial charge in [0.05, 0.1) is 6.10 Å². The summed E-state index contributed by atoms with van der Waals surface area (Å²) in [6, 6.07) is 0. The van der Waals surface area contributed by atoms with Crippen LogP contribution in [0.2, 0.25) is 0 Å². The molecule has 1 saturated heterocycles. The molecule has 4 heteroatoms. The van der Waals surface area contributed by atoms with E-state index in [1.54, 1.807) is 7.11 Å². The van der Waals surface area contributed by atoms with Crippen molar-refractivity contribution >= 4 is 0 Å². The number of piperazine rings is 1. The third-order valence-corrected chi connectivity index (χ3v) is 3.36. The van der Waals surface area contributed by atoms with E-state index in [0.29, 0.717) is 6.10 Å². The number of hydrogen-bond donors (Lipinski definition) is 0. The Balaban J connectivity index is 1.98. The van der Waals surface area contributed by atoms with Crippen LogP contribution in [0.3, 0.4) is 0 Å². The lowest BCUT2D eigenvalue weighted by Crippen LogP contribution is -2.47. The third kappa shape index (κ3) is 7.31. The molecule has 0 aromatic heterocycles. The number of rotatable bonds is 9. The molecule has 1 aliphatic rings. The predicted molar refractivity (Wildman–Crippen MR) is 75.1 cm³/mol. The minimum atomic E-state index is 0.364. The summed E-state index contributed by atoms with van der Waals surface area (Å²) in [6.07, 6.45) is 2.67. The molecule has 0 N–H and O–H groups in total. The highest BCUT2D eigenvalue weighted by molar-refractivity contribution is 4.71. The van der Waals surface area contributed by atoms with Crippen molar-refractivity contribution in [3.05, 3.63) is 0 Å². The molecule has 0 bridgehead atoms. The fourth-order valence-corrected chi connectivity index (χ4v) is 2.28. The predicted octanol–water partition coefficient (Wildman–Crippen LogP) is 1.46. The first-order valence-electron chi connectivity index (χ1n) is 7.27. The van der Waals surface area contributed by atoms with Crippen molar-refractivity contribution in [2.45, 2.75) is 32.8 Å². The Morgan fingerprint density at radius 3 is 1.83 bits per heavy atom. The molecule has 0 aromatic carbocycles. The van der Waals surface area contributed by atoms with Gasteiger partial charge in [-0.05, 0) is 26.7 Å². The minimum Gasteiger partial charge on any atom is -0.385 e. The van der Waals surface area contributed by atoms with E-state index >= 15 is 0 Å². The highest BCUT2D eigenvalue weighted by atomic mass is 16.5. The van der Waals surface area contributed by atoms with Crippen LogP contribution < -0.4 is 0 Å². The van der Waals surface area contributed by atoms with Gasteiger partial charge in [0.1, 0.15) is 0 Å². The summed E-state index contributed by atoms with van der Waals surface area (Å²) in [5.74, 6) is 0. The highest BCUT2D eigenvalue weighted by Crippen LogP contribution is 2.03. The SMILES string of the molecule is COCCCN1CCN(CCCOC(C)C)CC1. The fraction of sp³-hybridized carbons (Fsp3) is 1.00. The van der Waals surface area contributed by atoms with Gasteiger partial charge in [0.15, 0.2) is 0 Å². The fourth-order valence-electron chi connectivity index (χ4n) is 2.28. The summed E-state index contributed by atoms with van der Waals surface area (Å²) in [5, 5.41) is 0. The van der Waals surface area contributed by atoms with Crippen molar-refractivity contribution in [3.63, 3.8) is 0 Å². The second-order valence-corrected chi connectivity index (χ2v) is 5.30. The van der Waals surface area contributed by atoms with Crippen LogP contribution in [0.25, 0.3) is 0 Å². The molecule has 0 radical (unpaired) electrons. The largest absolute Gasteiger partial charge is 0.385 e. The molecule has 0 amide bonds. The molecule has 0 aliphatic carbocycles. The van der Waals surface area contributed by atoms with Crippen LogP contribution in [0.1, 0.15) is 26.7 Å². The van der Waals surface area contributed by atoms with Gasteiger partial charge >= 0.3 is 0 Å². The topological polar surface area (TPSA) is 24.9 Å². The Morgan fingerprint density at radius 2 is 1.39 bits per heavy atom. The smallest absolute Gasteiger partial charge is 0.0518 e. The first-order chi connectivity index (χ1) is 8.72. The quantitative estimate of drug-likeness (QED) is 0.585. The molecule has 0 saturated carbocycles. The zero-order chi connectivity index (χ0) is 13.2. The van der Waals surface area contributed by atoms with Gasteiger partial charge in [-0.15, -0.1) is 0 Å². The van der Waals surface area contributed by atoms with Crippen molar-refractivity contribution in [2.24, 2.45) is 0 Å². The van der Waals surface area contributed by atoms with Crippen molar-refractivity contribution < 1.29 is 9.47 Å². The summed E-state index contributed by atoms with van der Waals surface area (Å²) < 4.78 is 10.7. The third-order valence-electron chi connectivity index (χ3n) is 3.36. The first-order valence-corrected chi connectivity index (χ1v) is 7.27. The molecular weight excluding hydrogens is 228 g/mol. The second-order valence-electron chi connectivity index (χ2n) is 5.30. The number of ether oxygens (including phenoxy) is 2. The maximum atomic E-state index is 5.57. The van der Waals surface area contributed by atoms with E-state index in [-0.39, 0.29) is 0 Å². The van der Waals surface area contributed by atoms with Gasteiger partial charge in [0.2, 0.25) is 0 Å². The van der Waals surface area contributed by atoms with Crippen molar-refractivity contribution in [1.29, 1.82) is 0 Å². The van der Waals surface area contributed by atoms with Crippen LogP contribution in [0.5, 0.6) is 0 Å². The van der Waals surface area contributed by atoms with E-state index in [2.05, 4.69) is 23.6 Å². The molecule has 1 fully saturated rings. The van der Waals surface area contributed by atoms with E-state index in [1.807, 2.05) is 0 Å². The zero-order valence-corrected chi connectivity index (χ0v) is 12.4. The molecule has 0 atom stereocenters. The molecule has 18 heavy (non-hydrogen) atoms.